The molecule has 0 aliphatic rings. The van der Waals surface area contributed by atoms with Gasteiger partial charge in [0.15, 0.2) is 0 Å². The van der Waals surface area contributed by atoms with Crippen molar-refractivity contribution in [3.05, 3.63) is 22.2 Å². The summed E-state index contributed by atoms with van der Waals surface area (Å²) in [6, 6.07) is 0. The second-order valence-electron chi connectivity index (χ2n) is 2.60. The van der Waals surface area contributed by atoms with Crippen LogP contribution >= 0.6 is 11.6 Å². The number of nitrogens with zero attached hydrogens (tertiary/aromatic N) is 2. The molecule has 1 heterocycles. The SMILES string of the molecule is Cc1nc(C)c(CCO)c(Cl)n1. The second-order valence-corrected chi connectivity index (χ2v) is 2.96. The molecule has 0 aromatic carbocycles. The van der Waals surface area contributed by atoms with Crippen LogP contribution < -0.4 is 0 Å². The molecule has 1 aromatic rings. The molecule has 12 heavy (non-hydrogen) atoms. The molecule has 1 rings (SSSR count). The molecular weight excluding hydrogens is 176 g/mol. The molecule has 0 unspecified atom stereocenters. The Kier molecular flexibility index (Phi) is 3.00. The van der Waals surface area contributed by atoms with Crippen molar-refractivity contribution >= 4 is 11.6 Å². The maximum Gasteiger partial charge on any atom is 0.136 e. The molecule has 0 radical (unpaired) electrons. The summed E-state index contributed by atoms with van der Waals surface area (Å²) in [7, 11) is 0. The van der Waals surface area contributed by atoms with Crippen LogP contribution in [0.3, 0.4) is 0 Å². The van der Waals surface area contributed by atoms with E-state index in [4.69, 9.17) is 16.7 Å². The van der Waals surface area contributed by atoms with Gasteiger partial charge in [-0.3, -0.25) is 0 Å². The van der Waals surface area contributed by atoms with E-state index in [1.807, 2.05) is 6.92 Å². The number of aryl methyl sites for hydroxylation is 2. The highest BCUT2D eigenvalue weighted by Crippen LogP contribution is 2.16. The number of hydrogen-bond donors (Lipinski definition) is 1. The molecule has 0 aliphatic heterocycles. The maximum atomic E-state index is 8.72. The van der Waals surface area contributed by atoms with Crippen molar-refractivity contribution in [3.63, 3.8) is 0 Å². The standard InChI is InChI=1S/C8H11ClN2O/c1-5-7(3-4-12)8(9)11-6(2)10-5/h12H,3-4H2,1-2H3. The van der Waals surface area contributed by atoms with Gasteiger partial charge in [0.05, 0.1) is 0 Å². The zero-order chi connectivity index (χ0) is 9.14. The Hall–Kier alpha value is -0.670. The molecule has 0 saturated carbocycles. The molecule has 0 aliphatic carbocycles. The van der Waals surface area contributed by atoms with Crippen LogP contribution in [-0.2, 0) is 6.42 Å². The Morgan fingerprint density at radius 3 is 2.50 bits per heavy atom. The zero-order valence-electron chi connectivity index (χ0n) is 7.13. The average Bonchev–Trinajstić information content (AvgIpc) is 1.96. The fourth-order valence-electron chi connectivity index (χ4n) is 1.09. The summed E-state index contributed by atoms with van der Waals surface area (Å²) in [5.41, 5.74) is 1.69. The zero-order valence-corrected chi connectivity index (χ0v) is 7.89. The summed E-state index contributed by atoms with van der Waals surface area (Å²) < 4.78 is 0. The van der Waals surface area contributed by atoms with Gasteiger partial charge in [0, 0.05) is 24.3 Å². The van der Waals surface area contributed by atoms with Gasteiger partial charge in [-0.1, -0.05) is 11.6 Å². The van der Waals surface area contributed by atoms with Crippen LogP contribution in [0.1, 0.15) is 17.1 Å². The van der Waals surface area contributed by atoms with Gasteiger partial charge in [0.1, 0.15) is 11.0 Å². The first-order chi connectivity index (χ1) is 5.65. The first-order valence-electron chi connectivity index (χ1n) is 3.75. The highest BCUT2D eigenvalue weighted by atomic mass is 35.5. The van der Waals surface area contributed by atoms with Gasteiger partial charge in [0.25, 0.3) is 0 Å². The Balaban J connectivity index is 3.10. The quantitative estimate of drug-likeness (QED) is 0.708. The molecule has 0 atom stereocenters. The van der Waals surface area contributed by atoms with Crippen molar-refractivity contribution in [1.82, 2.24) is 9.97 Å². The molecule has 3 nitrogen and oxygen atoms in total. The highest BCUT2D eigenvalue weighted by Gasteiger charge is 2.06. The third-order valence-corrected chi connectivity index (χ3v) is 1.95. The molecule has 0 saturated heterocycles. The smallest absolute Gasteiger partial charge is 0.136 e. The Morgan fingerprint density at radius 2 is 2.00 bits per heavy atom. The van der Waals surface area contributed by atoms with Crippen molar-refractivity contribution in [2.75, 3.05) is 6.61 Å². The number of aromatic nitrogens is 2. The summed E-state index contributed by atoms with van der Waals surface area (Å²) in [5, 5.41) is 9.18. The topological polar surface area (TPSA) is 46.0 Å². The van der Waals surface area contributed by atoms with Gasteiger partial charge >= 0.3 is 0 Å². The van der Waals surface area contributed by atoms with Crippen LogP contribution in [-0.4, -0.2) is 21.7 Å². The maximum absolute atomic E-state index is 8.72. The fourth-order valence-corrected chi connectivity index (χ4v) is 1.44. The van der Waals surface area contributed by atoms with E-state index in [0.717, 1.165) is 11.3 Å². The van der Waals surface area contributed by atoms with E-state index in [2.05, 4.69) is 9.97 Å². The van der Waals surface area contributed by atoms with Crippen LogP contribution in [0.15, 0.2) is 0 Å². The minimum Gasteiger partial charge on any atom is -0.396 e. The van der Waals surface area contributed by atoms with Gasteiger partial charge in [-0.25, -0.2) is 9.97 Å². The summed E-state index contributed by atoms with van der Waals surface area (Å²) in [4.78, 5) is 8.14. The Morgan fingerprint density at radius 1 is 1.33 bits per heavy atom. The van der Waals surface area contributed by atoms with Crippen LogP contribution in [0, 0.1) is 13.8 Å². The van der Waals surface area contributed by atoms with Crippen molar-refractivity contribution in [2.24, 2.45) is 0 Å². The third-order valence-electron chi connectivity index (χ3n) is 1.64. The highest BCUT2D eigenvalue weighted by molar-refractivity contribution is 6.30. The lowest BCUT2D eigenvalue weighted by Crippen LogP contribution is -2.02. The lowest BCUT2D eigenvalue weighted by molar-refractivity contribution is 0.299. The normalized spacial score (nSPS) is 10.3. The van der Waals surface area contributed by atoms with E-state index in [1.54, 1.807) is 6.92 Å². The predicted molar refractivity (Wildman–Crippen MR) is 47.3 cm³/mol. The van der Waals surface area contributed by atoms with Crippen LogP contribution in [0.25, 0.3) is 0 Å². The van der Waals surface area contributed by atoms with E-state index in [0.29, 0.717) is 17.4 Å². The molecule has 1 aromatic heterocycles. The van der Waals surface area contributed by atoms with E-state index >= 15 is 0 Å². The Bertz CT molecular complexity index is 265. The predicted octanol–water partition coefficient (Wildman–Crippen LogP) is 1.28. The number of aliphatic hydroxyl groups is 1. The van der Waals surface area contributed by atoms with E-state index < -0.39 is 0 Å². The van der Waals surface area contributed by atoms with Gasteiger partial charge in [-0.05, 0) is 13.8 Å². The lowest BCUT2D eigenvalue weighted by atomic mass is 10.2. The molecule has 0 spiro atoms. The van der Waals surface area contributed by atoms with E-state index in [-0.39, 0.29) is 6.61 Å². The molecule has 0 fully saturated rings. The van der Waals surface area contributed by atoms with Crippen molar-refractivity contribution < 1.29 is 5.11 Å². The summed E-state index contributed by atoms with van der Waals surface area (Å²) in [6.45, 7) is 3.74. The van der Waals surface area contributed by atoms with Gasteiger partial charge in [-0.15, -0.1) is 0 Å². The average molecular weight is 187 g/mol. The van der Waals surface area contributed by atoms with Gasteiger partial charge < -0.3 is 5.11 Å². The second kappa shape index (κ2) is 3.83. The largest absolute Gasteiger partial charge is 0.396 e. The molecule has 0 bridgehead atoms. The number of halogens is 1. The van der Waals surface area contributed by atoms with Crippen molar-refractivity contribution in [3.8, 4) is 0 Å². The fraction of sp³-hybridized carbons (Fsp3) is 0.500. The first kappa shape index (κ1) is 9.42. The van der Waals surface area contributed by atoms with E-state index in [1.165, 1.54) is 0 Å². The number of aliphatic hydroxyl groups excluding tert-OH is 1. The van der Waals surface area contributed by atoms with Gasteiger partial charge in [-0.2, -0.15) is 0 Å². The van der Waals surface area contributed by atoms with Crippen LogP contribution in [0.4, 0.5) is 0 Å². The summed E-state index contributed by atoms with van der Waals surface area (Å²) in [6.07, 6.45) is 0.519. The summed E-state index contributed by atoms with van der Waals surface area (Å²) >= 11 is 5.85. The molecule has 66 valence electrons. The Labute approximate surface area is 76.4 Å². The minimum absolute atomic E-state index is 0.0764. The monoisotopic (exact) mass is 186 g/mol. The van der Waals surface area contributed by atoms with Gasteiger partial charge in [0.2, 0.25) is 0 Å². The minimum atomic E-state index is 0.0764. The van der Waals surface area contributed by atoms with Crippen molar-refractivity contribution in [1.29, 1.82) is 0 Å². The van der Waals surface area contributed by atoms with Crippen molar-refractivity contribution in [2.45, 2.75) is 20.3 Å². The van der Waals surface area contributed by atoms with E-state index in [9.17, 15) is 0 Å². The molecule has 1 N–H and O–H groups in total. The first-order valence-corrected chi connectivity index (χ1v) is 4.13. The third kappa shape index (κ3) is 1.93. The lowest BCUT2D eigenvalue weighted by Gasteiger charge is -2.05. The number of rotatable bonds is 2. The summed E-state index contributed by atoms with van der Waals surface area (Å²) in [5.74, 6) is 0.666. The molecule has 0 amide bonds. The molecule has 4 heteroatoms. The number of hydrogen-bond acceptors (Lipinski definition) is 3. The van der Waals surface area contributed by atoms with Crippen LogP contribution in [0.5, 0.6) is 0 Å². The molecular formula is C8H11ClN2O. The van der Waals surface area contributed by atoms with Crippen LogP contribution in [0.2, 0.25) is 5.15 Å².